The first kappa shape index (κ1) is 20.1. The van der Waals surface area contributed by atoms with Crippen LogP contribution in [0.4, 0.5) is 11.8 Å². The fourth-order valence-corrected chi connectivity index (χ4v) is 3.76. The van der Waals surface area contributed by atoms with Gasteiger partial charge in [0.2, 0.25) is 11.9 Å². The predicted molar refractivity (Wildman–Crippen MR) is 106 cm³/mol. The summed E-state index contributed by atoms with van der Waals surface area (Å²) in [7, 11) is 1.66. The van der Waals surface area contributed by atoms with E-state index in [1.807, 2.05) is 6.08 Å². The number of aromatic nitrogens is 2. The molecule has 6 N–H and O–H groups in total. The molecule has 1 atom stereocenters. The van der Waals surface area contributed by atoms with Crippen molar-refractivity contribution < 1.29 is 14.7 Å². The highest BCUT2D eigenvalue weighted by molar-refractivity contribution is 5.97. The first-order valence-corrected chi connectivity index (χ1v) is 9.75. The van der Waals surface area contributed by atoms with E-state index in [9.17, 15) is 14.7 Å². The van der Waals surface area contributed by atoms with Crippen LogP contribution in [-0.2, 0) is 4.79 Å². The lowest BCUT2D eigenvalue weighted by molar-refractivity contribution is -0.125. The minimum Gasteiger partial charge on any atom is -0.393 e. The Labute approximate surface area is 164 Å². The molecule has 0 radical (unpaired) electrons. The van der Waals surface area contributed by atoms with Crippen LogP contribution in [0.1, 0.15) is 55.3 Å². The number of carbonyl (C=O) groups is 2. The fraction of sp³-hybridized carbons (Fsp3) is 0.579. The number of rotatable bonds is 6. The third-order valence-corrected chi connectivity index (χ3v) is 5.36. The topological polar surface area (TPSA) is 142 Å². The third kappa shape index (κ3) is 4.98. The number of aliphatic hydroxyl groups is 1. The van der Waals surface area contributed by atoms with Crippen LogP contribution in [0.2, 0.25) is 0 Å². The predicted octanol–water partition coefficient (Wildman–Crippen LogP) is 1.13. The van der Waals surface area contributed by atoms with Crippen molar-refractivity contribution in [3.63, 3.8) is 0 Å². The molecule has 28 heavy (non-hydrogen) atoms. The van der Waals surface area contributed by atoms with Crippen LogP contribution in [0.25, 0.3) is 0 Å². The molecule has 1 fully saturated rings. The van der Waals surface area contributed by atoms with E-state index >= 15 is 0 Å². The van der Waals surface area contributed by atoms with Gasteiger partial charge in [0.05, 0.1) is 6.10 Å². The first-order chi connectivity index (χ1) is 13.5. The lowest BCUT2D eigenvalue weighted by Gasteiger charge is -2.28. The molecule has 9 heteroatoms. The molecule has 1 saturated carbocycles. The van der Waals surface area contributed by atoms with E-state index in [0.29, 0.717) is 18.2 Å². The van der Waals surface area contributed by atoms with Gasteiger partial charge in [0.1, 0.15) is 11.4 Å². The Morgan fingerprint density at radius 3 is 2.61 bits per heavy atom. The molecule has 2 aliphatic carbocycles. The zero-order chi connectivity index (χ0) is 20.1. The molecule has 152 valence electrons. The Morgan fingerprint density at radius 1 is 1.21 bits per heavy atom. The number of nitrogens with one attached hydrogen (secondary N) is 3. The maximum Gasteiger partial charge on any atom is 0.254 e. The van der Waals surface area contributed by atoms with E-state index in [-0.39, 0.29) is 23.4 Å². The minimum atomic E-state index is -0.614. The van der Waals surface area contributed by atoms with E-state index in [0.717, 1.165) is 44.2 Å². The first-order valence-electron chi connectivity index (χ1n) is 9.75. The highest BCUT2D eigenvalue weighted by Crippen LogP contribution is 2.27. The van der Waals surface area contributed by atoms with Gasteiger partial charge in [-0.25, -0.2) is 4.98 Å². The van der Waals surface area contributed by atoms with Crippen molar-refractivity contribution in [2.45, 2.75) is 57.1 Å². The number of carbonyl (C=O) groups excluding carboxylic acids is 2. The van der Waals surface area contributed by atoms with Gasteiger partial charge in [-0.05, 0) is 38.5 Å². The van der Waals surface area contributed by atoms with Crippen molar-refractivity contribution in [3.05, 3.63) is 23.5 Å². The lowest BCUT2D eigenvalue weighted by Crippen LogP contribution is -2.34. The third-order valence-electron chi connectivity index (χ3n) is 5.36. The second kappa shape index (κ2) is 9.01. The molecule has 3 rings (SSSR count). The highest BCUT2D eigenvalue weighted by atomic mass is 16.3. The smallest absolute Gasteiger partial charge is 0.254 e. The van der Waals surface area contributed by atoms with Crippen LogP contribution in [0, 0.1) is 5.92 Å². The van der Waals surface area contributed by atoms with Crippen molar-refractivity contribution in [3.8, 4) is 0 Å². The molecule has 9 nitrogen and oxygen atoms in total. The maximum absolute atomic E-state index is 11.8. The van der Waals surface area contributed by atoms with E-state index in [4.69, 9.17) is 5.73 Å². The van der Waals surface area contributed by atoms with Crippen LogP contribution < -0.4 is 21.7 Å². The normalized spacial score (nSPS) is 24.8. The van der Waals surface area contributed by atoms with E-state index in [2.05, 4.69) is 25.9 Å². The number of nitrogens with two attached hydrogens (primary N) is 1. The maximum atomic E-state index is 11.8. The van der Waals surface area contributed by atoms with Gasteiger partial charge < -0.3 is 26.8 Å². The molecular weight excluding hydrogens is 360 g/mol. The number of hydrogen-bond donors (Lipinski definition) is 5. The van der Waals surface area contributed by atoms with Gasteiger partial charge in [0.15, 0.2) is 0 Å². The zero-order valence-electron chi connectivity index (χ0n) is 16.1. The molecular formula is C19H28N6O3. The van der Waals surface area contributed by atoms with Crippen molar-refractivity contribution >= 4 is 23.6 Å². The summed E-state index contributed by atoms with van der Waals surface area (Å²) in [4.78, 5) is 32.2. The zero-order valence-corrected chi connectivity index (χ0v) is 16.1. The van der Waals surface area contributed by atoms with Crippen molar-refractivity contribution in [2.24, 2.45) is 11.7 Å². The SMILES string of the molecule is CNC(=O)C1CCC(Nc2ncc(C(N)=O)c(NC3=CCC[C@H](O)C3)n2)CC1. The molecule has 1 heterocycles. The molecule has 2 aliphatic rings. The van der Waals surface area contributed by atoms with E-state index in [1.165, 1.54) is 6.20 Å². The Hall–Kier alpha value is -2.68. The lowest BCUT2D eigenvalue weighted by atomic mass is 9.85. The van der Waals surface area contributed by atoms with Gasteiger partial charge in [-0.2, -0.15) is 4.98 Å². The summed E-state index contributed by atoms with van der Waals surface area (Å²) in [5.41, 5.74) is 6.47. The van der Waals surface area contributed by atoms with Crippen molar-refractivity contribution in [1.29, 1.82) is 0 Å². The molecule has 2 amide bonds. The molecule has 0 aliphatic heterocycles. The Kier molecular flexibility index (Phi) is 6.45. The quantitative estimate of drug-likeness (QED) is 0.492. The molecule has 0 aromatic carbocycles. The number of nitrogens with zero attached hydrogens (tertiary/aromatic N) is 2. The monoisotopic (exact) mass is 388 g/mol. The largest absolute Gasteiger partial charge is 0.393 e. The molecule has 1 aromatic rings. The molecule has 0 bridgehead atoms. The summed E-state index contributed by atoms with van der Waals surface area (Å²) in [6.07, 6.45) is 8.29. The summed E-state index contributed by atoms with van der Waals surface area (Å²) in [5, 5.41) is 19.0. The van der Waals surface area contributed by atoms with Crippen molar-refractivity contribution in [1.82, 2.24) is 15.3 Å². The van der Waals surface area contributed by atoms with Crippen molar-refractivity contribution in [2.75, 3.05) is 17.7 Å². The molecule has 0 unspecified atom stereocenters. The number of anilines is 2. The van der Waals surface area contributed by atoms with Gasteiger partial charge in [-0.3, -0.25) is 9.59 Å². The Balaban J connectivity index is 1.68. The second-order valence-corrected chi connectivity index (χ2v) is 7.42. The van der Waals surface area contributed by atoms with Gasteiger partial charge in [0, 0.05) is 37.3 Å². The van der Waals surface area contributed by atoms with Gasteiger partial charge in [0.25, 0.3) is 5.91 Å². The number of hydrogen-bond acceptors (Lipinski definition) is 7. The Morgan fingerprint density at radius 2 is 1.96 bits per heavy atom. The number of allylic oxidation sites excluding steroid dienone is 1. The standard InChI is InChI=1S/C19H28N6O3/c1-21-18(28)11-5-7-12(8-6-11)24-19-22-10-15(16(20)27)17(25-19)23-13-3-2-4-14(26)9-13/h3,10-12,14,26H,2,4-9H2,1H3,(H2,20,27)(H,21,28)(H2,22,23,24,25)/t11?,12?,14-/m0/s1. The summed E-state index contributed by atoms with van der Waals surface area (Å²) in [6, 6.07) is 0.170. The van der Waals surface area contributed by atoms with E-state index in [1.54, 1.807) is 7.05 Å². The highest BCUT2D eigenvalue weighted by Gasteiger charge is 2.26. The van der Waals surface area contributed by atoms with Crippen LogP contribution in [0.3, 0.4) is 0 Å². The van der Waals surface area contributed by atoms with Gasteiger partial charge in [-0.15, -0.1) is 0 Å². The van der Waals surface area contributed by atoms with Gasteiger partial charge in [-0.1, -0.05) is 6.08 Å². The van der Waals surface area contributed by atoms with E-state index < -0.39 is 12.0 Å². The number of primary amides is 1. The summed E-state index contributed by atoms with van der Waals surface area (Å²) in [6.45, 7) is 0. The van der Waals surface area contributed by atoms with Crippen LogP contribution in [-0.4, -0.2) is 46.1 Å². The molecule has 0 spiro atoms. The Bertz CT molecular complexity index is 758. The summed E-state index contributed by atoms with van der Waals surface area (Å²) >= 11 is 0. The van der Waals surface area contributed by atoms with Crippen LogP contribution in [0.5, 0.6) is 0 Å². The second-order valence-electron chi connectivity index (χ2n) is 7.42. The number of aliphatic hydroxyl groups excluding tert-OH is 1. The average molecular weight is 388 g/mol. The van der Waals surface area contributed by atoms with Gasteiger partial charge >= 0.3 is 0 Å². The molecule has 1 aromatic heterocycles. The molecule has 0 saturated heterocycles. The van der Waals surface area contributed by atoms with Crippen LogP contribution in [0.15, 0.2) is 18.0 Å². The van der Waals surface area contributed by atoms with Crippen LogP contribution >= 0.6 is 0 Å². The number of amides is 2. The average Bonchev–Trinajstić information content (AvgIpc) is 2.68. The summed E-state index contributed by atoms with van der Waals surface area (Å²) in [5.74, 6) is 0.285. The minimum absolute atomic E-state index is 0.0584. The summed E-state index contributed by atoms with van der Waals surface area (Å²) < 4.78 is 0. The fourth-order valence-electron chi connectivity index (χ4n) is 3.76.